The molecule has 10 heteroatoms. The minimum Gasteiger partial charge on any atom is -0.463 e. The fraction of sp³-hybridized carbons (Fsp3) is 0.353. The summed E-state index contributed by atoms with van der Waals surface area (Å²) in [4.78, 5) is 13.1. The van der Waals surface area contributed by atoms with Gasteiger partial charge in [0, 0.05) is 19.5 Å². The van der Waals surface area contributed by atoms with Gasteiger partial charge in [-0.3, -0.25) is 0 Å². The molecule has 2 rings (SSSR count). The Hall–Kier alpha value is -2.49. The fourth-order valence-electron chi connectivity index (χ4n) is 2.92. The molecular weight excluding hydrogens is 385 g/mol. The van der Waals surface area contributed by atoms with Crippen molar-refractivity contribution in [3.05, 3.63) is 57.9 Å². The number of rotatable bonds is 4. The zero-order valence-electron chi connectivity index (χ0n) is 14.9. The zero-order chi connectivity index (χ0) is 20.6. The van der Waals surface area contributed by atoms with Gasteiger partial charge in [0.25, 0.3) is 0 Å². The van der Waals surface area contributed by atoms with Crippen LogP contribution in [0.15, 0.2) is 46.8 Å². The molecule has 1 aliphatic heterocycles. The van der Waals surface area contributed by atoms with Crippen molar-refractivity contribution in [2.24, 2.45) is 5.73 Å². The number of nitrogens with zero attached hydrogens (tertiary/aromatic N) is 1. The van der Waals surface area contributed by atoms with Gasteiger partial charge in [0.1, 0.15) is 5.82 Å². The van der Waals surface area contributed by atoms with E-state index in [9.17, 15) is 26.4 Å². The molecule has 0 fully saturated rings. The van der Waals surface area contributed by atoms with E-state index in [0.717, 1.165) is 18.4 Å². The molecule has 1 aromatic carbocycles. The minimum absolute atomic E-state index is 0.0269. The van der Waals surface area contributed by atoms with Crippen LogP contribution in [-0.2, 0) is 25.5 Å². The van der Waals surface area contributed by atoms with Crippen LogP contribution in [-0.4, -0.2) is 39.2 Å². The summed E-state index contributed by atoms with van der Waals surface area (Å²) >= 11 is 0. The van der Waals surface area contributed by atoms with E-state index in [-0.39, 0.29) is 23.6 Å². The van der Waals surface area contributed by atoms with Crippen molar-refractivity contribution in [2.45, 2.75) is 19.0 Å². The summed E-state index contributed by atoms with van der Waals surface area (Å²) in [5.74, 6) is -2.71. The summed E-state index contributed by atoms with van der Waals surface area (Å²) in [5, 5.41) is 0. The first-order chi connectivity index (χ1) is 12.4. The summed E-state index contributed by atoms with van der Waals surface area (Å²) in [6, 6.07) is 4.47. The maximum absolute atomic E-state index is 13.5. The Morgan fingerprint density at radius 1 is 1.30 bits per heavy atom. The first-order valence-corrected chi connectivity index (χ1v) is 9.76. The van der Waals surface area contributed by atoms with Gasteiger partial charge in [-0.2, -0.15) is 13.2 Å². The molecule has 0 saturated carbocycles. The highest BCUT2D eigenvalue weighted by Gasteiger charge is 2.43. The molecule has 0 aliphatic carbocycles. The number of carbonyl (C=O) groups is 1. The van der Waals surface area contributed by atoms with Crippen molar-refractivity contribution < 1.29 is 31.1 Å². The van der Waals surface area contributed by atoms with Crippen LogP contribution in [0.3, 0.4) is 0 Å². The number of halogens is 3. The molecule has 0 spiro atoms. The van der Waals surface area contributed by atoms with Crippen molar-refractivity contribution >= 4 is 15.8 Å². The van der Waals surface area contributed by atoms with E-state index in [2.05, 4.69) is 0 Å². The van der Waals surface area contributed by atoms with Crippen molar-refractivity contribution in [1.82, 2.24) is 4.90 Å². The van der Waals surface area contributed by atoms with Gasteiger partial charge in [-0.15, -0.1) is 0 Å². The molecule has 0 saturated heterocycles. The first-order valence-electron chi connectivity index (χ1n) is 7.87. The predicted octanol–water partition coefficient (Wildman–Crippen LogP) is 2.35. The van der Waals surface area contributed by atoms with Gasteiger partial charge in [-0.25, -0.2) is 13.2 Å². The molecule has 0 bridgehead atoms. The van der Waals surface area contributed by atoms with Crippen molar-refractivity contribution in [1.29, 1.82) is 0 Å². The summed E-state index contributed by atoms with van der Waals surface area (Å²) < 4.78 is 70.3. The Morgan fingerprint density at radius 3 is 2.41 bits per heavy atom. The number of nitrogens with two attached hydrogens (primary N) is 1. The van der Waals surface area contributed by atoms with Crippen molar-refractivity contribution in [3.63, 3.8) is 0 Å². The van der Waals surface area contributed by atoms with Crippen LogP contribution < -0.4 is 5.73 Å². The molecule has 1 unspecified atom stereocenters. The second-order valence-corrected chi connectivity index (χ2v) is 7.94. The van der Waals surface area contributed by atoms with Crippen LogP contribution in [0.2, 0.25) is 0 Å². The molecule has 6 nitrogen and oxygen atoms in total. The largest absolute Gasteiger partial charge is 0.463 e. The van der Waals surface area contributed by atoms with Crippen molar-refractivity contribution in [3.8, 4) is 0 Å². The second kappa shape index (κ2) is 7.26. The highest BCUT2D eigenvalue weighted by Crippen LogP contribution is 2.44. The Balaban J connectivity index is 2.84. The second-order valence-electron chi connectivity index (χ2n) is 5.96. The van der Waals surface area contributed by atoms with Crippen molar-refractivity contribution in [2.75, 3.05) is 19.9 Å². The third kappa shape index (κ3) is 4.10. The Labute approximate surface area is 155 Å². The summed E-state index contributed by atoms with van der Waals surface area (Å²) in [7, 11) is -2.66. The molecule has 0 amide bonds. The predicted molar refractivity (Wildman–Crippen MR) is 92.7 cm³/mol. The lowest BCUT2D eigenvalue weighted by molar-refractivity contribution is -0.140. The quantitative estimate of drug-likeness (QED) is 0.775. The highest BCUT2D eigenvalue weighted by molar-refractivity contribution is 7.94. The van der Waals surface area contributed by atoms with Crippen LogP contribution in [0.25, 0.3) is 0 Å². The van der Waals surface area contributed by atoms with E-state index in [4.69, 9.17) is 10.5 Å². The number of benzene rings is 1. The van der Waals surface area contributed by atoms with E-state index >= 15 is 0 Å². The summed E-state index contributed by atoms with van der Waals surface area (Å²) in [6.07, 6.45) is -2.72. The third-order valence-electron chi connectivity index (χ3n) is 4.03. The molecule has 148 valence electrons. The lowest BCUT2D eigenvalue weighted by atomic mass is 9.85. The number of allylic oxidation sites excluding steroid dienone is 1. The number of sulfone groups is 1. The monoisotopic (exact) mass is 404 g/mol. The molecular formula is C17H19F3N2O4S. The SMILES string of the molecule is CCOC(=O)C1=CN(C)C(N)=C(S(C)(=O)=O)C1c1ccccc1C(F)(F)F. The first kappa shape index (κ1) is 20.8. The Morgan fingerprint density at radius 2 is 1.89 bits per heavy atom. The molecule has 1 heterocycles. The van der Waals surface area contributed by atoms with E-state index in [1.165, 1.54) is 37.2 Å². The Bertz CT molecular complexity index is 920. The molecule has 1 atom stereocenters. The topological polar surface area (TPSA) is 89.7 Å². The fourth-order valence-corrected chi connectivity index (χ4v) is 4.13. The van der Waals surface area contributed by atoms with Gasteiger partial charge in [0.15, 0.2) is 9.84 Å². The third-order valence-corrected chi connectivity index (χ3v) is 5.27. The van der Waals surface area contributed by atoms with Crippen LogP contribution in [0, 0.1) is 0 Å². The molecule has 0 radical (unpaired) electrons. The average Bonchev–Trinajstić information content (AvgIpc) is 2.55. The van der Waals surface area contributed by atoms with Gasteiger partial charge in [-0.05, 0) is 18.6 Å². The zero-order valence-corrected chi connectivity index (χ0v) is 15.7. The van der Waals surface area contributed by atoms with Crippen LogP contribution >= 0.6 is 0 Å². The maximum Gasteiger partial charge on any atom is 0.416 e. The summed E-state index contributed by atoms with van der Waals surface area (Å²) in [6.45, 7) is 1.51. The number of carbonyl (C=O) groups excluding carboxylic acids is 1. The van der Waals surface area contributed by atoms with E-state index in [1.54, 1.807) is 0 Å². The minimum atomic E-state index is -4.75. The van der Waals surface area contributed by atoms with E-state index in [1.807, 2.05) is 0 Å². The molecule has 0 aromatic heterocycles. The Kier molecular flexibility index (Phi) is 5.60. The molecule has 1 aromatic rings. The average molecular weight is 404 g/mol. The maximum atomic E-state index is 13.5. The van der Waals surface area contributed by atoms with Gasteiger partial charge in [-0.1, -0.05) is 18.2 Å². The van der Waals surface area contributed by atoms with Gasteiger partial charge in [0.05, 0.1) is 28.6 Å². The van der Waals surface area contributed by atoms with E-state index < -0.39 is 38.4 Å². The van der Waals surface area contributed by atoms with Gasteiger partial charge in [0.2, 0.25) is 0 Å². The molecule has 27 heavy (non-hydrogen) atoms. The number of alkyl halides is 3. The highest BCUT2D eigenvalue weighted by atomic mass is 32.2. The number of esters is 1. The molecule has 2 N–H and O–H groups in total. The number of hydrogen-bond donors (Lipinski definition) is 1. The summed E-state index contributed by atoms with van der Waals surface area (Å²) in [5.41, 5.74) is 4.20. The van der Waals surface area contributed by atoms with Crippen LogP contribution in [0.4, 0.5) is 13.2 Å². The number of hydrogen-bond acceptors (Lipinski definition) is 6. The smallest absolute Gasteiger partial charge is 0.416 e. The normalized spacial score (nSPS) is 18.4. The van der Waals surface area contributed by atoms with Crippen LogP contribution in [0.5, 0.6) is 0 Å². The van der Waals surface area contributed by atoms with Crippen LogP contribution in [0.1, 0.15) is 24.0 Å². The van der Waals surface area contributed by atoms with Gasteiger partial charge >= 0.3 is 12.1 Å². The lowest BCUT2D eigenvalue weighted by Gasteiger charge is -2.32. The number of ether oxygens (including phenoxy) is 1. The lowest BCUT2D eigenvalue weighted by Crippen LogP contribution is -2.34. The standard InChI is InChI=1S/C17H19F3N2O4S/c1-4-26-16(23)11-9-22(2)15(21)14(27(3,24)25)13(11)10-7-5-6-8-12(10)17(18,19)20/h5-9,13H,4,21H2,1-3H3. The van der Waals surface area contributed by atoms with E-state index in [0.29, 0.717) is 0 Å². The van der Waals surface area contributed by atoms with Gasteiger partial charge < -0.3 is 15.4 Å². The molecule has 1 aliphatic rings.